The first-order valence-corrected chi connectivity index (χ1v) is 8.24. The number of hydrogen-bond donors (Lipinski definition) is 0. The van der Waals surface area contributed by atoms with Gasteiger partial charge in [0.15, 0.2) is 0 Å². The molecule has 2 aromatic rings. The average Bonchev–Trinajstić information content (AvgIpc) is 2.92. The Balaban J connectivity index is 2.00. The molecule has 0 spiro atoms. The van der Waals surface area contributed by atoms with E-state index >= 15 is 0 Å². The van der Waals surface area contributed by atoms with E-state index in [4.69, 9.17) is 14.0 Å². The van der Waals surface area contributed by atoms with Crippen molar-refractivity contribution in [2.75, 3.05) is 7.11 Å². The minimum Gasteiger partial charge on any atom is -0.467 e. The zero-order valence-corrected chi connectivity index (χ0v) is 15.8. The van der Waals surface area contributed by atoms with Crippen molar-refractivity contribution >= 4 is 12.6 Å². The van der Waals surface area contributed by atoms with Crippen LogP contribution in [0.4, 0.5) is 0 Å². The van der Waals surface area contributed by atoms with Crippen molar-refractivity contribution in [3.8, 4) is 11.7 Å². The highest BCUT2D eigenvalue weighted by Crippen LogP contribution is 2.36. The molecule has 0 amide bonds. The smallest absolute Gasteiger partial charge is 0.467 e. The molecule has 0 saturated carbocycles. The lowest BCUT2D eigenvalue weighted by Crippen LogP contribution is -2.41. The fourth-order valence-electron chi connectivity index (χ4n) is 2.83. The molecule has 8 heteroatoms. The number of aryl methyl sites for hydroxylation is 2. The standard InChI is InChI=1S/C17H24BN3O4/c1-11-10-12(21-14(23-7)19-20(6)15(21)22)8-9-13(11)18-24-16(2,3)17(4,5)25-18/h8-10H,1-7H3. The molecule has 1 aliphatic rings. The lowest BCUT2D eigenvalue weighted by molar-refractivity contribution is 0.00578. The van der Waals surface area contributed by atoms with Gasteiger partial charge in [-0.15, -0.1) is 5.10 Å². The minimum atomic E-state index is -0.438. The summed E-state index contributed by atoms with van der Waals surface area (Å²) in [6.07, 6.45) is 0. The second-order valence-electron chi connectivity index (χ2n) is 7.36. The molecule has 0 N–H and O–H groups in total. The third-order valence-electron chi connectivity index (χ3n) is 5.10. The number of methoxy groups -OCH3 is 1. The van der Waals surface area contributed by atoms with Crippen LogP contribution in [0.3, 0.4) is 0 Å². The maximum Gasteiger partial charge on any atom is 0.495 e. The summed E-state index contributed by atoms with van der Waals surface area (Å²) in [5.41, 5.74) is 1.54. The Bertz CT molecular complexity index is 853. The number of nitrogens with zero attached hydrogens (tertiary/aromatic N) is 3. The Morgan fingerprint density at radius 1 is 1.16 bits per heavy atom. The molecule has 1 aromatic carbocycles. The largest absolute Gasteiger partial charge is 0.495 e. The van der Waals surface area contributed by atoms with Gasteiger partial charge in [-0.3, -0.25) is 0 Å². The highest BCUT2D eigenvalue weighted by Gasteiger charge is 2.52. The highest BCUT2D eigenvalue weighted by molar-refractivity contribution is 6.62. The molecule has 0 radical (unpaired) electrons. The monoisotopic (exact) mass is 345 g/mol. The van der Waals surface area contributed by atoms with Crippen molar-refractivity contribution in [1.29, 1.82) is 0 Å². The molecule has 2 heterocycles. The molecular weight excluding hydrogens is 321 g/mol. The molecule has 1 aliphatic heterocycles. The third kappa shape index (κ3) is 2.79. The van der Waals surface area contributed by atoms with E-state index in [1.165, 1.54) is 16.4 Å². The Morgan fingerprint density at radius 3 is 2.28 bits per heavy atom. The van der Waals surface area contributed by atoms with Crippen LogP contribution < -0.4 is 15.9 Å². The number of benzene rings is 1. The highest BCUT2D eigenvalue weighted by atomic mass is 16.7. The predicted molar refractivity (Wildman–Crippen MR) is 95.8 cm³/mol. The average molecular weight is 345 g/mol. The van der Waals surface area contributed by atoms with E-state index < -0.39 is 18.3 Å². The van der Waals surface area contributed by atoms with Crippen LogP contribution in [-0.4, -0.2) is 39.8 Å². The number of rotatable bonds is 3. The van der Waals surface area contributed by atoms with Crippen molar-refractivity contribution < 1.29 is 14.0 Å². The van der Waals surface area contributed by atoms with Crippen LogP contribution in [-0.2, 0) is 16.4 Å². The van der Waals surface area contributed by atoms with E-state index in [0.29, 0.717) is 5.69 Å². The molecule has 134 valence electrons. The van der Waals surface area contributed by atoms with E-state index in [1.54, 1.807) is 7.05 Å². The number of hydrogen-bond acceptors (Lipinski definition) is 5. The SMILES string of the molecule is COc1nn(C)c(=O)n1-c1ccc(B2OC(C)(C)C(C)(C)O2)c(C)c1. The van der Waals surface area contributed by atoms with E-state index in [0.717, 1.165) is 11.0 Å². The van der Waals surface area contributed by atoms with Gasteiger partial charge in [0.05, 0.1) is 24.0 Å². The van der Waals surface area contributed by atoms with E-state index in [-0.39, 0.29) is 11.7 Å². The maximum absolute atomic E-state index is 12.3. The van der Waals surface area contributed by atoms with E-state index in [9.17, 15) is 4.79 Å². The summed E-state index contributed by atoms with van der Waals surface area (Å²) in [6, 6.07) is 5.92. The van der Waals surface area contributed by atoms with Crippen LogP contribution in [0.15, 0.2) is 23.0 Å². The van der Waals surface area contributed by atoms with E-state index in [1.807, 2.05) is 52.8 Å². The first-order valence-electron chi connectivity index (χ1n) is 8.24. The van der Waals surface area contributed by atoms with Crippen LogP contribution in [0.5, 0.6) is 6.01 Å². The van der Waals surface area contributed by atoms with Gasteiger partial charge in [0.25, 0.3) is 0 Å². The van der Waals surface area contributed by atoms with Gasteiger partial charge in [-0.2, -0.15) is 0 Å². The van der Waals surface area contributed by atoms with Gasteiger partial charge >= 0.3 is 18.8 Å². The van der Waals surface area contributed by atoms with Gasteiger partial charge in [0.1, 0.15) is 0 Å². The molecule has 7 nitrogen and oxygen atoms in total. The predicted octanol–water partition coefficient (Wildman–Crippen LogP) is 1.19. The van der Waals surface area contributed by atoms with Crippen molar-refractivity contribution in [2.45, 2.75) is 45.8 Å². The molecule has 1 aromatic heterocycles. The molecule has 0 aliphatic carbocycles. The Labute approximate surface area is 147 Å². The van der Waals surface area contributed by atoms with Crippen molar-refractivity contribution in [2.24, 2.45) is 7.05 Å². The van der Waals surface area contributed by atoms with Crippen LogP contribution in [0.25, 0.3) is 5.69 Å². The van der Waals surface area contributed by atoms with Crippen molar-refractivity contribution in [1.82, 2.24) is 14.3 Å². The summed E-state index contributed by atoms with van der Waals surface area (Å²) in [5.74, 6) is 0. The first kappa shape index (κ1) is 17.8. The Kier molecular flexibility index (Phi) is 4.08. The van der Waals surface area contributed by atoms with Crippen molar-refractivity contribution in [3.63, 3.8) is 0 Å². The molecule has 1 fully saturated rings. The number of aromatic nitrogens is 3. The van der Waals surface area contributed by atoms with Crippen LogP contribution in [0, 0.1) is 6.92 Å². The summed E-state index contributed by atoms with van der Waals surface area (Å²) in [6.45, 7) is 10.1. The van der Waals surface area contributed by atoms with Crippen LogP contribution in [0.1, 0.15) is 33.3 Å². The second kappa shape index (κ2) is 5.74. The van der Waals surface area contributed by atoms with Gasteiger partial charge in [0, 0.05) is 7.05 Å². The van der Waals surface area contributed by atoms with Gasteiger partial charge in [-0.25, -0.2) is 14.0 Å². The normalized spacial score (nSPS) is 18.6. The van der Waals surface area contributed by atoms with E-state index in [2.05, 4.69) is 5.10 Å². The molecule has 3 rings (SSSR count). The Morgan fingerprint density at radius 2 is 1.76 bits per heavy atom. The van der Waals surface area contributed by atoms with Crippen molar-refractivity contribution in [3.05, 3.63) is 34.2 Å². The molecule has 0 unspecified atom stereocenters. The molecular formula is C17H24BN3O4. The topological polar surface area (TPSA) is 67.5 Å². The summed E-state index contributed by atoms with van der Waals surface area (Å²) < 4.78 is 20.1. The number of ether oxygens (including phenoxy) is 1. The maximum atomic E-state index is 12.3. The quantitative estimate of drug-likeness (QED) is 0.782. The third-order valence-corrected chi connectivity index (χ3v) is 5.10. The van der Waals surface area contributed by atoms with Crippen LogP contribution in [0.2, 0.25) is 0 Å². The van der Waals surface area contributed by atoms with Gasteiger partial charge < -0.3 is 14.0 Å². The van der Waals surface area contributed by atoms with Gasteiger partial charge in [-0.05, 0) is 57.8 Å². The zero-order valence-electron chi connectivity index (χ0n) is 15.8. The molecule has 0 atom stereocenters. The Hall–Kier alpha value is -2.06. The fourth-order valence-corrected chi connectivity index (χ4v) is 2.83. The molecule has 1 saturated heterocycles. The summed E-state index contributed by atoms with van der Waals surface area (Å²) in [7, 11) is 2.64. The lowest BCUT2D eigenvalue weighted by atomic mass is 9.76. The lowest BCUT2D eigenvalue weighted by Gasteiger charge is -2.32. The molecule has 25 heavy (non-hydrogen) atoms. The minimum absolute atomic E-state index is 0.246. The van der Waals surface area contributed by atoms with Gasteiger partial charge in [-0.1, -0.05) is 6.07 Å². The summed E-state index contributed by atoms with van der Waals surface area (Å²) in [4.78, 5) is 12.3. The summed E-state index contributed by atoms with van der Waals surface area (Å²) in [5, 5.41) is 4.07. The summed E-state index contributed by atoms with van der Waals surface area (Å²) >= 11 is 0. The fraction of sp³-hybridized carbons (Fsp3) is 0.529. The van der Waals surface area contributed by atoms with Crippen LogP contribution >= 0.6 is 0 Å². The second-order valence-corrected chi connectivity index (χ2v) is 7.36. The first-order chi connectivity index (χ1) is 11.6. The zero-order chi connectivity index (χ0) is 18.6. The van der Waals surface area contributed by atoms with Gasteiger partial charge in [0.2, 0.25) is 0 Å². The molecule has 0 bridgehead atoms.